The van der Waals surface area contributed by atoms with Gasteiger partial charge in [0, 0.05) is 5.02 Å². The quantitative estimate of drug-likeness (QED) is 0.608. The van der Waals surface area contributed by atoms with Crippen LogP contribution in [0.25, 0.3) is 0 Å². The zero-order valence-electron chi connectivity index (χ0n) is 12.8. The Bertz CT molecular complexity index is 707. The van der Waals surface area contributed by atoms with Crippen LogP contribution in [-0.4, -0.2) is 18.7 Å². The van der Waals surface area contributed by atoms with Crippen molar-refractivity contribution in [3.63, 3.8) is 0 Å². The van der Waals surface area contributed by atoms with Gasteiger partial charge in [0.15, 0.2) is 6.61 Å². The van der Waals surface area contributed by atoms with Gasteiger partial charge in [-0.2, -0.15) is 5.10 Å². The Hall–Kier alpha value is -1.85. The van der Waals surface area contributed by atoms with E-state index in [1.54, 1.807) is 30.5 Å². The largest absolute Gasteiger partial charge is 0.482 e. The Labute approximate surface area is 148 Å². The van der Waals surface area contributed by atoms with Crippen LogP contribution < -0.4 is 10.2 Å². The van der Waals surface area contributed by atoms with Gasteiger partial charge in [-0.3, -0.25) is 4.79 Å². The third kappa shape index (κ3) is 5.37. The van der Waals surface area contributed by atoms with E-state index in [1.807, 2.05) is 26.0 Å². The van der Waals surface area contributed by atoms with E-state index in [4.69, 9.17) is 16.3 Å². The fourth-order valence-corrected chi connectivity index (χ4v) is 2.90. The smallest absolute Gasteiger partial charge is 0.277 e. The molecule has 2 rings (SSSR count). The predicted molar refractivity (Wildman–Crippen MR) is 96.3 cm³/mol. The molecule has 0 aromatic heterocycles. The molecule has 0 bridgehead atoms. The van der Waals surface area contributed by atoms with Gasteiger partial charge in [-0.05, 0) is 64.7 Å². The van der Waals surface area contributed by atoms with Crippen LogP contribution in [0.2, 0.25) is 5.02 Å². The van der Waals surface area contributed by atoms with Crippen LogP contribution in [0.5, 0.6) is 5.75 Å². The second kappa shape index (κ2) is 8.13. The number of aryl methyl sites for hydroxylation is 2. The highest BCUT2D eigenvalue weighted by Crippen LogP contribution is 2.30. The number of rotatable bonds is 5. The van der Waals surface area contributed by atoms with Gasteiger partial charge in [0.1, 0.15) is 5.75 Å². The molecule has 0 unspecified atom stereocenters. The lowest BCUT2D eigenvalue weighted by Gasteiger charge is -2.11. The Morgan fingerprint density at radius 3 is 2.65 bits per heavy atom. The van der Waals surface area contributed by atoms with Crippen molar-refractivity contribution >= 4 is 39.7 Å². The predicted octanol–water partition coefficient (Wildman–Crippen LogP) is 4.25. The molecule has 0 spiro atoms. The molecular weight excluding hydrogens is 380 g/mol. The molecule has 0 heterocycles. The van der Waals surface area contributed by atoms with E-state index in [0.29, 0.717) is 10.8 Å². The summed E-state index contributed by atoms with van der Waals surface area (Å²) in [5, 5.41) is 4.53. The molecular formula is C17H16BrClN2O2. The molecule has 0 atom stereocenters. The maximum Gasteiger partial charge on any atom is 0.277 e. The molecule has 23 heavy (non-hydrogen) atoms. The number of amides is 1. The number of hydrogen-bond donors (Lipinski definition) is 1. The number of benzene rings is 2. The normalized spacial score (nSPS) is 10.8. The first-order valence-corrected chi connectivity index (χ1v) is 8.10. The molecule has 4 nitrogen and oxygen atoms in total. The van der Waals surface area contributed by atoms with Crippen molar-refractivity contribution in [2.45, 2.75) is 13.8 Å². The number of nitrogens with one attached hydrogen (secondary N) is 1. The first-order valence-electron chi connectivity index (χ1n) is 6.92. The van der Waals surface area contributed by atoms with Gasteiger partial charge in [0.05, 0.1) is 10.7 Å². The lowest BCUT2D eigenvalue weighted by atomic mass is 10.1. The van der Waals surface area contributed by atoms with E-state index in [1.165, 1.54) is 0 Å². The highest BCUT2D eigenvalue weighted by molar-refractivity contribution is 9.10. The lowest BCUT2D eigenvalue weighted by Crippen LogP contribution is -2.24. The van der Waals surface area contributed by atoms with Crippen LogP contribution in [0.3, 0.4) is 0 Å². The topological polar surface area (TPSA) is 50.7 Å². The summed E-state index contributed by atoms with van der Waals surface area (Å²) in [5.74, 6) is 0.328. The zero-order chi connectivity index (χ0) is 16.8. The van der Waals surface area contributed by atoms with E-state index >= 15 is 0 Å². The van der Waals surface area contributed by atoms with Crippen LogP contribution in [0, 0.1) is 13.8 Å². The minimum Gasteiger partial charge on any atom is -0.482 e. The molecule has 0 fully saturated rings. The standard InChI is InChI=1S/C17H16BrClN2O2/c1-11-7-12(2)17(15(18)8-11)23-10-16(22)21-20-9-13-3-5-14(19)6-4-13/h3-9H,10H2,1-2H3,(H,21,22)/b20-9-. The summed E-state index contributed by atoms with van der Waals surface area (Å²) < 4.78 is 6.38. The SMILES string of the molecule is Cc1cc(C)c(OCC(=O)N/N=C\c2ccc(Cl)cc2)c(Br)c1. The average molecular weight is 396 g/mol. The van der Waals surface area contributed by atoms with Crippen LogP contribution >= 0.6 is 27.5 Å². The van der Waals surface area contributed by atoms with Gasteiger partial charge >= 0.3 is 0 Å². The monoisotopic (exact) mass is 394 g/mol. The molecule has 1 N–H and O–H groups in total. The molecule has 1 amide bonds. The fourth-order valence-electron chi connectivity index (χ4n) is 1.98. The molecule has 2 aromatic carbocycles. The Kier molecular flexibility index (Phi) is 6.19. The number of hydrogen-bond acceptors (Lipinski definition) is 3. The second-order valence-corrected chi connectivity index (χ2v) is 6.32. The number of hydrazone groups is 1. The van der Waals surface area contributed by atoms with Crippen molar-refractivity contribution in [2.75, 3.05) is 6.61 Å². The minimum atomic E-state index is -0.331. The van der Waals surface area contributed by atoms with Gasteiger partial charge in [-0.25, -0.2) is 5.43 Å². The maximum absolute atomic E-state index is 11.8. The number of nitrogens with zero attached hydrogens (tertiary/aromatic N) is 1. The van der Waals surface area contributed by atoms with Gasteiger partial charge in [-0.15, -0.1) is 0 Å². The number of ether oxygens (including phenoxy) is 1. The zero-order valence-corrected chi connectivity index (χ0v) is 15.1. The minimum absolute atomic E-state index is 0.111. The number of carbonyl (C=O) groups is 1. The van der Waals surface area contributed by atoms with Crippen molar-refractivity contribution in [2.24, 2.45) is 5.10 Å². The average Bonchev–Trinajstić information content (AvgIpc) is 2.48. The summed E-state index contributed by atoms with van der Waals surface area (Å²) in [5.41, 5.74) is 5.35. The van der Waals surface area contributed by atoms with Crippen LogP contribution in [0.15, 0.2) is 46.0 Å². The Morgan fingerprint density at radius 1 is 1.30 bits per heavy atom. The van der Waals surface area contributed by atoms with E-state index in [-0.39, 0.29) is 12.5 Å². The van der Waals surface area contributed by atoms with Crippen LogP contribution in [0.4, 0.5) is 0 Å². The summed E-state index contributed by atoms with van der Waals surface area (Å²) >= 11 is 9.24. The van der Waals surface area contributed by atoms with E-state index in [2.05, 4.69) is 26.5 Å². The first-order chi connectivity index (χ1) is 11.0. The summed E-state index contributed by atoms with van der Waals surface area (Å²) in [7, 11) is 0. The summed E-state index contributed by atoms with van der Waals surface area (Å²) in [6.07, 6.45) is 1.54. The third-order valence-corrected chi connectivity index (χ3v) is 3.84. The molecule has 0 aliphatic carbocycles. The second-order valence-electron chi connectivity index (χ2n) is 5.03. The van der Waals surface area contributed by atoms with Crippen molar-refractivity contribution in [1.29, 1.82) is 0 Å². The van der Waals surface area contributed by atoms with Gasteiger partial charge in [0.2, 0.25) is 0 Å². The highest BCUT2D eigenvalue weighted by atomic mass is 79.9. The van der Waals surface area contributed by atoms with Crippen molar-refractivity contribution in [3.05, 3.63) is 62.6 Å². The van der Waals surface area contributed by atoms with E-state index in [0.717, 1.165) is 21.2 Å². The van der Waals surface area contributed by atoms with Gasteiger partial charge in [-0.1, -0.05) is 29.8 Å². The van der Waals surface area contributed by atoms with E-state index in [9.17, 15) is 4.79 Å². The van der Waals surface area contributed by atoms with Crippen LogP contribution in [-0.2, 0) is 4.79 Å². The van der Waals surface area contributed by atoms with Crippen molar-refractivity contribution < 1.29 is 9.53 Å². The summed E-state index contributed by atoms with van der Waals surface area (Å²) in [6, 6.07) is 11.1. The lowest BCUT2D eigenvalue weighted by molar-refractivity contribution is -0.123. The molecule has 0 saturated heterocycles. The molecule has 0 radical (unpaired) electrons. The third-order valence-electron chi connectivity index (χ3n) is 2.99. The molecule has 2 aromatic rings. The Balaban J connectivity index is 1.87. The summed E-state index contributed by atoms with van der Waals surface area (Å²) in [6.45, 7) is 3.82. The van der Waals surface area contributed by atoms with Crippen molar-refractivity contribution in [3.8, 4) is 5.75 Å². The molecule has 120 valence electrons. The fraction of sp³-hybridized carbons (Fsp3) is 0.176. The Morgan fingerprint density at radius 2 is 2.00 bits per heavy atom. The van der Waals surface area contributed by atoms with Gasteiger partial charge in [0.25, 0.3) is 5.91 Å². The van der Waals surface area contributed by atoms with E-state index < -0.39 is 0 Å². The van der Waals surface area contributed by atoms with Crippen LogP contribution in [0.1, 0.15) is 16.7 Å². The first kappa shape index (κ1) is 17.5. The molecule has 0 saturated carbocycles. The molecule has 6 heteroatoms. The van der Waals surface area contributed by atoms with Crippen molar-refractivity contribution in [1.82, 2.24) is 5.43 Å². The van der Waals surface area contributed by atoms with Gasteiger partial charge < -0.3 is 4.74 Å². The highest BCUT2D eigenvalue weighted by Gasteiger charge is 2.08. The molecule has 0 aliphatic heterocycles. The summed E-state index contributed by atoms with van der Waals surface area (Å²) in [4.78, 5) is 11.8. The number of halogens is 2. The molecule has 0 aliphatic rings. The maximum atomic E-state index is 11.8. The number of carbonyl (C=O) groups excluding carboxylic acids is 1.